The van der Waals surface area contributed by atoms with Gasteiger partial charge >= 0.3 is 13.1 Å². The molecule has 0 unspecified atom stereocenters. The summed E-state index contributed by atoms with van der Waals surface area (Å²) in [6.45, 7) is 0. The predicted molar refractivity (Wildman–Crippen MR) is 48.2 cm³/mol. The van der Waals surface area contributed by atoms with Crippen molar-refractivity contribution in [3.05, 3.63) is 28.5 Å². The molecule has 0 aliphatic heterocycles. The van der Waals surface area contributed by atoms with Crippen LogP contribution in [0.15, 0.2) is 12.1 Å². The van der Waals surface area contributed by atoms with Gasteiger partial charge in [-0.25, -0.2) is 9.18 Å². The van der Waals surface area contributed by atoms with Gasteiger partial charge in [0.1, 0.15) is 5.82 Å². The predicted octanol–water partition coefficient (Wildman–Crippen LogP) is -0.143. The molecule has 0 saturated carbocycles. The van der Waals surface area contributed by atoms with Gasteiger partial charge in [0, 0.05) is 5.46 Å². The summed E-state index contributed by atoms with van der Waals surface area (Å²) in [5.41, 5.74) is -0.900. The molecule has 74 valence electrons. The van der Waals surface area contributed by atoms with Gasteiger partial charge in [-0.1, -0.05) is 11.6 Å². The molecular weight excluding hydrogens is 213 g/mol. The van der Waals surface area contributed by atoms with Gasteiger partial charge in [-0.05, 0) is 12.1 Å². The fourth-order valence-corrected chi connectivity index (χ4v) is 1.16. The Kier molecular flexibility index (Phi) is 3.10. The van der Waals surface area contributed by atoms with E-state index in [2.05, 4.69) is 0 Å². The summed E-state index contributed by atoms with van der Waals surface area (Å²) < 4.78 is 12.9. The quantitative estimate of drug-likeness (QED) is 0.604. The van der Waals surface area contributed by atoms with E-state index in [1.54, 1.807) is 0 Å². The third-order valence-electron chi connectivity index (χ3n) is 1.59. The van der Waals surface area contributed by atoms with Gasteiger partial charge in [0.15, 0.2) is 0 Å². The zero-order valence-corrected chi connectivity index (χ0v) is 7.49. The Balaban J connectivity index is 3.34. The molecule has 1 aromatic rings. The van der Waals surface area contributed by atoms with E-state index < -0.39 is 24.4 Å². The molecule has 0 heterocycles. The summed E-state index contributed by atoms with van der Waals surface area (Å²) >= 11 is 5.42. The summed E-state index contributed by atoms with van der Waals surface area (Å²) in [7, 11) is -2.06. The van der Waals surface area contributed by atoms with Crippen LogP contribution in [-0.2, 0) is 0 Å². The second kappa shape index (κ2) is 3.95. The lowest BCUT2D eigenvalue weighted by Crippen LogP contribution is -2.33. The van der Waals surface area contributed by atoms with Crippen LogP contribution in [0.2, 0.25) is 5.02 Å². The van der Waals surface area contributed by atoms with E-state index in [0.29, 0.717) is 0 Å². The zero-order chi connectivity index (χ0) is 10.9. The van der Waals surface area contributed by atoms with Crippen molar-refractivity contribution >= 4 is 30.2 Å². The van der Waals surface area contributed by atoms with Crippen molar-refractivity contribution in [1.82, 2.24) is 0 Å². The SMILES string of the molecule is O=C(O)c1cc(B(O)O)c(F)cc1Cl. The van der Waals surface area contributed by atoms with Crippen LogP contribution in [-0.4, -0.2) is 28.2 Å². The van der Waals surface area contributed by atoms with Crippen molar-refractivity contribution in [2.24, 2.45) is 0 Å². The Hall–Kier alpha value is -1.11. The standard InChI is InChI=1S/C7H5BClFO4/c9-5-2-6(10)4(8(13)14)1-3(5)7(11)12/h1-2,13-14H,(H,11,12). The van der Waals surface area contributed by atoms with E-state index in [1.807, 2.05) is 0 Å². The summed E-state index contributed by atoms with van der Waals surface area (Å²) in [6, 6.07) is 1.50. The highest BCUT2D eigenvalue weighted by Gasteiger charge is 2.21. The summed E-state index contributed by atoms with van der Waals surface area (Å²) in [6.07, 6.45) is 0. The number of hydrogen-bond acceptors (Lipinski definition) is 3. The van der Waals surface area contributed by atoms with Crippen molar-refractivity contribution < 1.29 is 24.3 Å². The van der Waals surface area contributed by atoms with Crippen LogP contribution in [0.5, 0.6) is 0 Å². The molecule has 1 rings (SSSR count). The second-order valence-corrected chi connectivity index (χ2v) is 2.94. The average molecular weight is 218 g/mol. The van der Waals surface area contributed by atoms with Crippen LogP contribution in [0, 0.1) is 5.82 Å². The average Bonchev–Trinajstić information content (AvgIpc) is 2.02. The molecule has 0 aliphatic carbocycles. The lowest BCUT2D eigenvalue weighted by Gasteiger charge is -2.04. The van der Waals surface area contributed by atoms with Gasteiger partial charge in [0.2, 0.25) is 0 Å². The fourth-order valence-electron chi connectivity index (χ4n) is 0.927. The highest BCUT2D eigenvalue weighted by Crippen LogP contribution is 2.16. The van der Waals surface area contributed by atoms with Gasteiger partial charge in [-0.3, -0.25) is 0 Å². The molecule has 4 nitrogen and oxygen atoms in total. The Bertz CT molecular complexity index is 382. The number of rotatable bonds is 2. The first-order valence-electron chi connectivity index (χ1n) is 3.52. The van der Waals surface area contributed by atoms with E-state index in [-0.39, 0.29) is 10.6 Å². The van der Waals surface area contributed by atoms with Gasteiger partial charge in [0.05, 0.1) is 10.6 Å². The van der Waals surface area contributed by atoms with Crippen molar-refractivity contribution in [3.8, 4) is 0 Å². The van der Waals surface area contributed by atoms with Crippen molar-refractivity contribution in [2.75, 3.05) is 0 Å². The topological polar surface area (TPSA) is 77.8 Å². The molecule has 0 fully saturated rings. The Morgan fingerprint density at radius 1 is 1.43 bits per heavy atom. The molecule has 0 radical (unpaired) electrons. The number of carbonyl (C=O) groups is 1. The molecule has 0 atom stereocenters. The third kappa shape index (κ3) is 2.04. The van der Waals surface area contributed by atoms with E-state index in [9.17, 15) is 9.18 Å². The first-order chi connectivity index (χ1) is 6.43. The maximum absolute atomic E-state index is 12.9. The maximum Gasteiger partial charge on any atom is 0.491 e. The first-order valence-corrected chi connectivity index (χ1v) is 3.89. The van der Waals surface area contributed by atoms with Gasteiger partial charge < -0.3 is 15.2 Å². The minimum absolute atomic E-state index is 0.292. The van der Waals surface area contributed by atoms with E-state index in [0.717, 1.165) is 12.1 Å². The smallest absolute Gasteiger partial charge is 0.478 e. The van der Waals surface area contributed by atoms with Crippen LogP contribution < -0.4 is 5.46 Å². The molecule has 0 bridgehead atoms. The summed E-state index contributed by atoms with van der Waals surface area (Å²) in [5, 5.41) is 25.7. The summed E-state index contributed by atoms with van der Waals surface area (Å²) in [4.78, 5) is 10.5. The Morgan fingerprint density at radius 3 is 2.43 bits per heavy atom. The third-order valence-corrected chi connectivity index (χ3v) is 1.91. The van der Waals surface area contributed by atoms with Gasteiger partial charge in [-0.2, -0.15) is 0 Å². The highest BCUT2D eigenvalue weighted by molar-refractivity contribution is 6.59. The number of hydrogen-bond donors (Lipinski definition) is 3. The van der Waals surface area contributed by atoms with E-state index in [1.165, 1.54) is 0 Å². The number of halogens is 2. The molecular formula is C7H5BClFO4. The van der Waals surface area contributed by atoms with Crippen molar-refractivity contribution in [2.45, 2.75) is 0 Å². The highest BCUT2D eigenvalue weighted by atomic mass is 35.5. The molecule has 0 saturated heterocycles. The number of carboxylic acid groups (broad SMARTS) is 1. The number of aromatic carboxylic acids is 1. The molecule has 0 aromatic heterocycles. The minimum Gasteiger partial charge on any atom is -0.478 e. The Morgan fingerprint density at radius 2 is 2.00 bits per heavy atom. The molecule has 14 heavy (non-hydrogen) atoms. The largest absolute Gasteiger partial charge is 0.491 e. The summed E-state index contributed by atoms with van der Waals surface area (Å²) in [5.74, 6) is -2.33. The Labute approximate surface area is 83.7 Å². The molecule has 0 spiro atoms. The monoisotopic (exact) mass is 218 g/mol. The van der Waals surface area contributed by atoms with Crippen molar-refractivity contribution in [1.29, 1.82) is 0 Å². The molecule has 0 amide bonds. The van der Waals surface area contributed by atoms with Crippen LogP contribution >= 0.6 is 11.6 Å². The zero-order valence-electron chi connectivity index (χ0n) is 6.74. The first kappa shape index (κ1) is 11.0. The lowest BCUT2D eigenvalue weighted by atomic mass is 9.79. The van der Waals surface area contributed by atoms with Gasteiger partial charge in [-0.15, -0.1) is 0 Å². The lowest BCUT2D eigenvalue weighted by molar-refractivity contribution is 0.0697. The second-order valence-electron chi connectivity index (χ2n) is 2.53. The van der Waals surface area contributed by atoms with Crippen LogP contribution in [0.4, 0.5) is 4.39 Å². The number of carboxylic acids is 1. The molecule has 1 aromatic carbocycles. The van der Waals surface area contributed by atoms with E-state index >= 15 is 0 Å². The van der Waals surface area contributed by atoms with E-state index in [4.69, 9.17) is 26.8 Å². The molecule has 3 N–H and O–H groups in total. The maximum atomic E-state index is 12.9. The van der Waals surface area contributed by atoms with Crippen LogP contribution in [0.25, 0.3) is 0 Å². The normalized spacial score (nSPS) is 10.0. The van der Waals surface area contributed by atoms with Crippen LogP contribution in [0.1, 0.15) is 10.4 Å². The van der Waals surface area contributed by atoms with Crippen LogP contribution in [0.3, 0.4) is 0 Å². The fraction of sp³-hybridized carbons (Fsp3) is 0. The minimum atomic E-state index is -2.06. The number of benzene rings is 1. The molecule has 7 heteroatoms. The van der Waals surface area contributed by atoms with Gasteiger partial charge in [0.25, 0.3) is 0 Å². The molecule has 0 aliphatic rings. The van der Waals surface area contributed by atoms with Crippen molar-refractivity contribution in [3.63, 3.8) is 0 Å².